The van der Waals surface area contributed by atoms with Crippen molar-refractivity contribution in [1.82, 2.24) is 9.78 Å². The van der Waals surface area contributed by atoms with Gasteiger partial charge >= 0.3 is 0 Å². The van der Waals surface area contributed by atoms with Crippen molar-refractivity contribution in [3.05, 3.63) is 21.6 Å². The topological polar surface area (TPSA) is 46.9 Å². The van der Waals surface area contributed by atoms with E-state index in [2.05, 4.69) is 30.2 Å². The maximum atomic E-state index is 12.1. The van der Waals surface area contributed by atoms with Crippen molar-refractivity contribution in [2.45, 2.75) is 46.2 Å². The first kappa shape index (κ1) is 15.6. The second-order valence-corrected chi connectivity index (χ2v) is 5.24. The minimum absolute atomic E-state index is 0.143. The lowest BCUT2D eigenvalue weighted by Gasteiger charge is -2.19. The molecule has 0 saturated carbocycles. The summed E-state index contributed by atoms with van der Waals surface area (Å²) in [6.45, 7) is 6.51. The van der Waals surface area contributed by atoms with Crippen LogP contribution in [0.5, 0.6) is 0 Å². The van der Waals surface area contributed by atoms with Crippen molar-refractivity contribution in [1.29, 1.82) is 0 Å². The van der Waals surface area contributed by atoms with Crippen molar-refractivity contribution in [3.63, 3.8) is 0 Å². The molecule has 19 heavy (non-hydrogen) atoms. The zero-order valence-electron chi connectivity index (χ0n) is 11.6. The van der Waals surface area contributed by atoms with E-state index in [0.29, 0.717) is 16.6 Å². The molecule has 0 aliphatic carbocycles. The van der Waals surface area contributed by atoms with Crippen molar-refractivity contribution >= 4 is 17.3 Å². The molecule has 4 nitrogen and oxygen atoms in total. The maximum Gasteiger partial charge on any atom is 0.292 e. The van der Waals surface area contributed by atoms with Gasteiger partial charge in [0.1, 0.15) is 12.2 Å². The third-order valence-electron chi connectivity index (χ3n) is 3.08. The highest BCUT2D eigenvalue weighted by Crippen LogP contribution is 2.18. The summed E-state index contributed by atoms with van der Waals surface area (Å²) in [4.78, 5) is 12.1. The Morgan fingerprint density at radius 3 is 2.84 bits per heavy atom. The van der Waals surface area contributed by atoms with Crippen LogP contribution in [0.4, 0.5) is 5.69 Å². The number of hydrogen-bond donors (Lipinski definition) is 1. The first-order chi connectivity index (χ1) is 8.99. The van der Waals surface area contributed by atoms with Gasteiger partial charge in [0, 0.05) is 6.04 Å². The SMILES string of the molecule is C#CCn1ncc(Cl)c(NC(C)CC(C)CC)c1=O. The van der Waals surface area contributed by atoms with E-state index in [1.165, 1.54) is 10.9 Å². The molecule has 104 valence electrons. The van der Waals surface area contributed by atoms with Gasteiger partial charge in [-0.2, -0.15) is 5.10 Å². The fourth-order valence-corrected chi connectivity index (χ4v) is 2.05. The first-order valence-electron chi connectivity index (χ1n) is 6.45. The summed E-state index contributed by atoms with van der Waals surface area (Å²) in [5, 5.41) is 7.40. The van der Waals surface area contributed by atoms with Crippen LogP contribution >= 0.6 is 11.6 Å². The van der Waals surface area contributed by atoms with Gasteiger partial charge < -0.3 is 5.32 Å². The molecular weight excluding hydrogens is 262 g/mol. The third kappa shape index (κ3) is 4.29. The van der Waals surface area contributed by atoms with Crippen LogP contribution in [0.1, 0.15) is 33.6 Å². The van der Waals surface area contributed by atoms with Gasteiger partial charge in [0.05, 0.1) is 11.2 Å². The summed E-state index contributed by atoms with van der Waals surface area (Å²) < 4.78 is 1.23. The van der Waals surface area contributed by atoms with Crippen LogP contribution in [0.3, 0.4) is 0 Å². The summed E-state index contributed by atoms with van der Waals surface area (Å²) in [6, 6.07) is 0.168. The number of nitrogens with one attached hydrogen (secondary N) is 1. The van der Waals surface area contributed by atoms with Gasteiger partial charge in [-0.05, 0) is 19.3 Å². The van der Waals surface area contributed by atoms with Crippen molar-refractivity contribution < 1.29 is 0 Å². The molecular formula is C14H20ClN3O. The molecule has 5 heteroatoms. The van der Waals surface area contributed by atoms with Gasteiger partial charge in [0.15, 0.2) is 0 Å². The van der Waals surface area contributed by atoms with E-state index in [1.54, 1.807) is 0 Å². The quantitative estimate of drug-likeness (QED) is 0.816. The van der Waals surface area contributed by atoms with Crippen LogP contribution < -0.4 is 10.9 Å². The Balaban J connectivity index is 2.91. The summed E-state index contributed by atoms with van der Waals surface area (Å²) in [5.74, 6) is 2.99. The van der Waals surface area contributed by atoms with E-state index in [1.807, 2.05) is 6.92 Å². The van der Waals surface area contributed by atoms with Gasteiger partial charge in [0.25, 0.3) is 5.56 Å². The molecule has 0 spiro atoms. The fourth-order valence-electron chi connectivity index (χ4n) is 1.87. The highest BCUT2D eigenvalue weighted by Gasteiger charge is 2.13. The van der Waals surface area contributed by atoms with Gasteiger partial charge in [0.2, 0.25) is 0 Å². The van der Waals surface area contributed by atoms with E-state index in [0.717, 1.165) is 12.8 Å². The van der Waals surface area contributed by atoms with Crippen molar-refractivity contribution in [2.24, 2.45) is 5.92 Å². The van der Waals surface area contributed by atoms with Crippen molar-refractivity contribution in [2.75, 3.05) is 5.32 Å². The van der Waals surface area contributed by atoms with E-state index >= 15 is 0 Å². The van der Waals surface area contributed by atoms with Crippen LogP contribution in [0.2, 0.25) is 5.02 Å². The molecule has 0 aliphatic rings. The minimum atomic E-state index is -0.276. The van der Waals surface area contributed by atoms with Crippen LogP contribution in [0.25, 0.3) is 0 Å². The lowest BCUT2D eigenvalue weighted by atomic mass is 10.0. The molecule has 1 aromatic rings. The summed E-state index contributed by atoms with van der Waals surface area (Å²) >= 11 is 6.03. The molecule has 1 aromatic heterocycles. The Labute approximate surface area is 119 Å². The third-order valence-corrected chi connectivity index (χ3v) is 3.37. The number of halogens is 1. The Kier molecular flexibility index (Phi) is 5.91. The van der Waals surface area contributed by atoms with E-state index in [-0.39, 0.29) is 18.1 Å². The van der Waals surface area contributed by atoms with Crippen molar-refractivity contribution in [3.8, 4) is 12.3 Å². The Hall–Kier alpha value is -1.47. The largest absolute Gasteiger partial charge is 0.377 e. The van der Waals surface area contributed by atoms with Gasteiger partial charge in [-0.1, -0.05) is 37.8 Å². The van der Waals surface area contributed by atoms with Crippen LogP contribution in [0.15, 0.2) is 11.0 Å². The molecule has 1 heterocycles. The van der Waals surface area contributed by atoms with Crippen LogP contribution in [0, 0.1) is 18.3 Å². The second kappa shape index (κ2) is 7.20. The Bertz CT molecular complexity index is 518. The van der Waals surface area contributed by atoms with Crippen LogP contribution in [-0.2, 0) is 6.54 Å². The molecule has 0 aliphatic heterocycles. The molecule has 1 N–H and O–H groups in total. The van der Waals surface area contributed by atoms with E-state index in [4.69, 9.17) is 18.0 Å². The van der Waals surface area contributed by atoms with Gasteiger partial charge in [-0.25, -0.2) is 4.68 Å². The number of nitrogens with zero attached hydrogens (tertiary/aromatic N) is 2. The molecule has 1 rings (SSSR count). The normalized spacial score (nSPS) is 13.6. The van der Waals surface area contributed by atoms with Gasteiger partial charge in [-0.15, -0.1) is 6.42 Å². The lowest BCUT2D eigenvalue weighted by molar-refractivity contribution is 0.483. The Morgan fingerprint density at radius 1 is 1.58 bits per heavy atom. The highest BCUT2D eigenvalue weighted by atomic mass is 35.5. The minimum Gasteiger partial charge on any atom is -0.377 e. The first-order valence-corrected chi connectivity index (χ1v) is 6.83. The lowest BCUT2D eigenvalue weighted by Crippen LogP contribution is -2.29. The number of anilines is 1. The number of hydrogen-bond acceptors (Lipinski definition) is 3. The molecule has 2 atom stereocenters. The standard InChI is InChI=1S/C14H20ClN3O/c1-5-7-18-14(19)13(12(15)9-16-18)17-11(4)8-10(3)6-2/h1,9-11,17H,6-8H2,2-4H3. The summed E-state index contributed by atoms with van der Waals surface area (Å²) in [6.07, 6.45) is 8.73. The predicted molar refractivity (Wildman–Crippen MR) is 79.5 cm³/mol. The monoisotopic (exact) mass is 281 g/mol. The fraction of sp³-hybridized carbons (Fsp3) is 0.571. The average Bonchev–Trinajstić information content (AvgIpc) is 2.38. The Morgan fingerprint density at radius 2 is 2.26 bits per heavy atom. The van der Waals surface area contributed by atoms with Crippen LogP contribution in [-0.4, -0.2) is 15.8 Å². The second-order valence-electron chi connectivity index (χ2n) is 4.83. The van der Waals surface area contributed by atoms with Gasteiger partial charge in [-0.3, -0.25) is 4.79 Å². The molecule has 0 aromatic carbocycles. The molecule has 0 fully saturated rings. The molecule has 0 bridgehead atoms. The number of terminal acetylenes is 1. The average molecular weight is 282 g/mol. The van der Waals surface area contributed by atoms with E-state index < -0.39 is 0 Å². The smallest absolute Gasteiger partial charge is 0.292 e. The molecule has 0 radical (unpaired) electrons. The van der Waals surface area contributed by atoms with E-state index in [9.17, 15) is 4.79 Å². The molecule has 2 unspecified atom stereocenters. The molecule has 0 saturated heterocycles. The predicted octanol–water partition coefficient (Wildman–Crippen LogP) is 2.77. The zero-order chi connectivity index (χ0) is 14.4. The highest BCUT2D eigenvalue weighted by molar-refractivity contribution is 6.33. The maximum absolute atomic E-state index is 12.1. The number of rotatable bonds is 6. The zero-order valence-corrected chi connectivity index (χ0v) is 12.4. The summed E-state index contributed by atoms with van der Waals surface area (Å²) in [7, 11) is 0. The summed E-state index contributed by atoms with van der Waals surface area (Å²) in [5.41, 5.74) is 0.101. The molecule has 0 amide bonds. The number of aromatic nitrogens is 2.